The van der Waals surface area contributed by atoms with Gasteiger partial charge >= 0.3 is 0 Å². The van der Waals surface area contributed by atoms with Gasteiger partial charge in [-0.15, -0.1) is 0 Å². The summed E-state index contributed by atoms with van der Waals surface area (Å²) in [5, 5.41) is 9.51. The summed E-state index contributed by atoms with van der Waals surface area (Å²) in [5.74, 6) is 0. The first-order chi connectivity index (χ1) is 7.15. The van der Waals surface area contributed by atoms with Gasteiger partial charge < -0.3 is 14.7 Å². The molecule has 0 radical (unpaired) electrons. The lowest BCUT2D eigenvalue weighted by Crippen LogP contribution is -2.56. The van der Waals surface area contributed by atoms with Gasteiger partial charge in [-0.1, -0.05) is 13.8 Å². The number of likely N-dealkylation sites (tertiary alicyclic amines) is 1. The smallest absolute Gasteiger partial charge is 0.0785 e. The van der Waals surface area contributed by atoms with Crippen LogP contribution in [-0.2, 0) is 4.74 Å². The van der Waals surface area contributed by atoms with Gasteiger partial charge in [0.2, 0.25) is 0 Å². The first-order valence-electron chi connectivity index (χ1n) is 6.05. The van der Waals surface area contributed by atoms with E-state index in [0.717, 1.165) is 13.0 Å². The number of hydrogen-bond acceptors (Lipinski definition) is 3. The Kier molecular flexibility index (Phi) is 5.03. The minimum Gasteiger partial charge on any atom is -0.391 e. The fourth-order valence-electron chi connectivity index (χ4n) is 2.37. The van der Waals surface area contributed by atoms with Crippen LogP contribution in [0, 0.1) is 5.41 Å². The number of nitrogens with zero attached hydrogens (tertiary/aromatic N) is 1. The molecule has 1 aliphatic rings. The van der Waals surface area contributed by atoms with Crippen LogP contribution >= 0.6 is 0 Å². The van der Waals surface area contributed by atoms with Crippen molar-refractivity contribution in [2.75, 3.05) is 33.4 Å². The maximum Gasteiger partial charge on any atom is 0.0785 e. The average Bonchev–Trinajstić information content (AvgIpc) is 2.17. The predicted molar refractivity (Wildman–Crippen MR) is 62.0 cm³/mol. The summed E-state index contributed by atoms with van der Waals surface area (Å²) >= 11 is 0. The third-order valence-corrected chi connectivity index (χ3v) is 3.76. The van der Waals surface area contributed by atoms with E-state index in [1.165, 1.54) is 25.9 Å². The quantitative estimate of drug-likeness (QED) is 0.698. The van der Waals surface area contributed by atoms with Gasteiger partial charge in [-0.05, 0) is 24.7 Å². The van der Waals surface area contributed by atoms with E-state index in [4.69, 9.17) is 4.74 Å². The highest BCUT2D eigenvalue weighted by atomic mass is 16.5. The summed E-state index contributed by atoms with van der Waals surface area (Å²) in [6, 6.07) is 0. The number of aliphatic hydroxyl groups is 1. The number of aliphatic hydroxyl groups excluding tert-OH is 1. The number of methoxy groups -OCH3 is 1. The normalized spacial score (nSPS) is 22.4. The Balaban J connectivity index is 2.12. The van der Waals surface area contributed by atoms with Crippen LogP contribution in [0.25, 0.3) is 0 Å². The van der Waals surface area contributed by atoms with Crippen molar-refractivity contribution >= 4 is 0 Å². The third-order valence-electron chi connectivity index (χ3n) is 3.76. The molecule has 1 heterocycles. The molecule has 0 aromatic rings. The number of hydrogen-bond donors (Lipinski definition) is 1. The molecule has 0 bridgehead atoms. The van der Waals surface area contributed by atoms with E-state index in [-0.39, 0.29) is 6.10 Å². The average molecular weight is 215 g/mol. The molecular formula is C12H25NO2. The molecule has 0 spiro atoms. The number of ether oxygens (including phenoxy) is 1. The van der Waals surface area contributed by atoms with Gasteiger partial charge in [-0.2, -0.15) is 0 Å². The summed E-state index contributed by atoms with van der Waals surface area (Å²) in [6.07, 6.45) is 3.09. The lowest BCUT2D eigenvalue weighted by Gasteiger charge is -2.50. The maximum atomic E-state index is 9.51. The molecule has 15 heavy (non-hydrogen) atoms. The highest BCUT2D eigenvalue weighted by molar-refractivity contribution is 4.92. The monoisotopic (exact) mass is 215 g/mol. The molecule has 0 aliphatic carbocycles. The van der Waals surface area contributed by atoms with Crippen LogP contribution in [0.4, 0.5) is 0 Å². The zero-order valence-corrected chi connectivity index (χ0v) is 10.3. The second-order valence-electron chi connectivity index (χ2n) is 4.82. The van der Waals surface area contributed by atoms with Crippen molar-refractivity contribution < 1.29 is 9.84 Å². The molecule has 3 heteroatoms. The van der Waals surface area contributed by atoms with Crippen molar-refractivity contribution in [3.8, 4) is 0 Å². The molecule has 3 nitrogen and oxygen atoms in total. The van der Waals surface area contributed by atoms with Crippen LogP contribution in [0.5, 0.6) is 0 Å². The molecule has 0 aromatic heterocycles. The SMILES string of the molecule is CCC1(CC)CN(CCC(O)COC)C1. The van der Waals surface area contributed by atoms with Crippen molar-refractivity contribution in [2.24, 2.45) is 5.41 Å². The van der Waals surface area contributed by atoms with E-state index in [1.807, 2.05) is 0 Å². The van der Waals surface area contributed by atoms with Crippen LogP contribution in [0.1, 0.15) is 33.1 Å². The molecule has 1 unspecified atom stereocenters. The van der Waals surface area contributed by atoms with E-state index < -0.39 is 0 Å². The second kappa shape index (κ2) is 5.83. The molecule has 90 valence electrons. The molecule has 1 aliphatic heterocycles. The van der Waals surface area contributed by atoms with Crippen molar-refractivity contribution in [1.82, 2.24) is 4.90 Å². The Bertz CT molecular complexity index is 172. The Hall–Kier alpha value is -0.120. The predicted octanol–water partition coefficient (Wildman–Crippen LogP) is 1.51. The summed E-state index contributed by atoms with van der Waals surface area (Å²) in [5.41, 5.74) is 0.576. The molecule has 0 saturated carbocycles. The fraction of sp³-hybridized carbons (Fsp3) is 1.00. The summed E-state index contributed by atoms with van der Waals surface area (Å²) < 4.78 is 4.90. The van der Waals surface area contributed by atoms with Crippen LogP contribution in [0.15, 0.2) is 0 Å². The molecule has 1 atom stereocenters. The topological polar surface area (TPSA) is 32.7 Å². The van der Waals surface area contributed by atoms with E-state index in [1.54, 1.807) is 7.11 Å². The van der Waals surface area contributed by atoms with Crippen LogP contribution < -0.4 is 0 Å². The lowest BCUT2D eigenvalue weighted by atomic mass is 9.75. The van der Waals surface area contributed by atoms with Crippen LogP contribution in [-0.4, -0.2) is 49.5 Å². The lowest BCUT2D eigenvalue weighted by molar-refractivity contribution is -0.0209. The molecule has 0 aromatic carbocycles. The van der Waals surface area contributed by atoms with Crippen molar-refractivity contribution in [3.63, 3.8) is 0 Å². The summed E-state index contributed by atoms with van der Waals surface area (Å²) in [7, 11) is 1.63. The zero-order valence-electron chi connectivity index (χ0n) is 10.3. The molecule has 1 saturated heterocycles. The third kappa shape index (κ3) is 3.44. The minimum atomic E-state index is -0.298. The van der Waals surface area contributed by atoms with E-state index in [2.05, 4.69) is 18.7 Å². The molecule has 1 N–H and O–H groups in total. The fourth-order valence-corrected chi connectivity index (χ4v) is 2.37. The van der Waals surface area contributed by atoms with Crippen molar-refractivity contribution in [2.45, 2.75) is 39.2 Å². The van der Waals surface area contributed by atoms with Gasteiger partial charge in [0, 0.05) is 26.7 Å². The van der Waals surface area contributed by atoms with Crippen molar-refractivity contribution in [3.05, 3.63) is 0 Å². The van der Waals surface area contributed by atoms with Crippen molar-refractivity contribution in [1.29, 1.82) is 0 Å². The largest absolute Gasteiger partial charge is 0.391 e. The van der Waals surface area contributed by atoms with Gasteiger partial charge in [0.05, 0.1) is 12.7 Å². The highest BCUT2D eigenvalue weighted by Crippen LogP contribution is 2.36. The summed E-state index contributed by atoms with van der Waals surface area (Å²) in [4.78, 5) is 2.44. The first-order valence-corrected chi connectivity index (χ1v) is 6.05. The van der Waals surface area contributed by atoms with Crippen LogP contribution in [0.3, 0.4) is 0 Å². The van der Waals surface area contributed by atoms with E-state index in [0.29, 0.717) is 12.0 Å². The van der Waals surface area contributed by atoms with Gasteiger partial charge in [0.15, 0.2) is 0 Å². The Labute approximate surface area is 93.4 Å². The van der Waals surface area contributed by atoms with Gasteiger partial charge in [-0.25, -0.2) is 0 Å². The molecular weight excluding hydrogens is 190 g/mol. The second-order valence-corrected chi connectivity index (χ2v) is 4.82. The van der Waals surface area contributed by atoms with Gasteiger partial charge in [-0.3, -0.25) is 0 Å². The standard InChI is InChI=1S/C12H25NO2/c1-4-12(5-2)9-13(10-12)7-6-11(14)8-15-3/h11,14H,4-10H2,1-3H3. The Morgan fingerprint density at radius 1 is 1.33 bits per heavy atom. The minimum absolute atomic E-state index is 0.298. The molecule has 0 amide bonds. The zero-order chi connectivity index (χ0) is 11.3. The Morgan fingerprint density at radius 3 is 2.40 bits per heavy atom. The first kappa shape index (κ1) is 12.9. The van der Waals surface area contributed by atoms with Crippen LogP contribution in [0.2, 0.25) is 0 Å². The van der Waals surface area contributed by atoms with Gasteiger partial charge in [0.25, 0.3) is 0 Å². The molecule has 1 fully saturated rings. The van der Waals surface area contributed by atoms with E-state index in [9.17, 15) is 5.11 Å². The maximum absolute atomic E-state index is 9.51. The highest BCUT2D eigenvalue weighted by Gasteiger charge is 2.39. The van der Waals surface area contributed by atoms with E-state index >= 15 is 0 Å². The van der Waals surface area contributed by atoms with Gasteiger partial charge in [0.1, 0.15) is 0 Å². The Morgan fingerprint density at radius 2 is 1.93 bits per heavy atom. The summed E-state index contributed by atoms with van der Waals surface area (Å²) in [6.45, 7) is 8.44. The number of rotatable bonds is 7. The molecule has 1 rings (SSSR count).